The smallest absolute Gasteiger partial charge is 0.257 e. The van der Waals surface area contributed by atoms with Crippen LogP contribution in [0.15, 0.2) is 36.4 Å². The summed E-state index contributed by atoms with van der Waals surface area (Å²) in [5, 5.41) is 20.5. The fourth-order valence-corrected chi connectivity index (χ4v) is 4.16. The number of H-pyrrole nitrogens is 1. The highest BCUT2D eigenvalue weighted by Crippen LogP contribution is 2.44. The van der Waals surface area contributed by atoms with E-state index in [0.29, 0.717) is 13.0 Å². The van der Waals surface area contributed by atoms with E-state index in [-0.39, 0.29) is 23.6 Å². The molecule has 2 aliphatic rings. The number of phenolic OH excluding ortho intramolecular Hbond substituents is 2. The first-order chi connectivity index (χ1) is 12.1. The molecule has 25 heavy (non-hydrogen) atoms. The molecule has 1 aromatic heterocycles. The molecule has 0 radical (unpaired) electrons. The third kappa shape index (κ3) is 1.76. The van der Waals surface area contributed by atoms with Gasteiger partial charge in [0.25, 0.3) is 5.91 Å². The summed E-state index contributed by atoms with van der Waals surface area (Å²) < 4.78 is 0. The van der Waals surface area contributed by atoms with Crippen LogP contribution in [0.3, 0.4) is 0 Å². The highest BCUT2D eigenvalue weighted by atomic mass is 16.3. The van der Waals surface area contributed by atoms with Crippen molar-refractivity contribution in [1.82, 2.24) is 9.88 Å². The second-order valence-electron chi connectivity index (χ2n) is 6.65. The fourth-order valence-electron chi connectivity index (χ4n) is 4.16. The Bertz CT molecular complexity index is 1040. The van der Waals surface area contributed by atoms with E-state index in [1.165, 1.54) is 6.07 Å². The number of anilines is 1. The first-order valence-electron chi connectivity index (χ1n) is 8.25. The predicted octanol–water partition coefficient (Wildman–Crippen LogP) is 2.73. The number of para-hydroxylation sites is 1. The normalized spacial score (nSPS) is 18.9. The number of aromatic hydroxyl groups is 2. The number of aromatic nitrogens is 1. The quantitative estimate of drug-likeness (QED) is 0.552. The largest absolute Gasteiger partial charge is 0.504 e. The molecule has 6 heteroatoms. The lowest BCUT2D eigenvalue weighted by Gasteiger charge is -2.46. The van der Waals surface area contributed by atoms with Gasteiger partial charge in [-0.15, -0.1) is 0 Å². The van der Waals surface area contributed by atoms with Gasteiger partial charge in [0.1, 0.15) is 6.17 Å². The maximum Gasteiger partial charge on any atom is 0.257 e. The molecular formula is C19H17N3O3. The van der Waals surface area contributed by atoms with Gasteiger partial charge in [-0.2, -0.15) is 0 Å². The van der Waals surface area contributed by atoms with Crippen LogP contribution in [-0.2, 0) is 6.42 Å². The average Bonchev–Trinajstić information content (AvgIpc) is 2.97. The molecule has 2 aromatic carbocycles. The second-order valence-corrected chi connectivity index (χ2v) is 6.65. The van der Waals surface area contributed by atoms with Crippen LogP contribution < -0.4 is 4.90 Å². The number of nitrogens with zero attached hydrogens (tertiary/aromatic N) is 2. The van der Waals surface area contributed by atoms with Gasteiger partial charge in [-0.3, -0.25) is 4.79 Å². The average molecular weight is 335 g/mol. The Labute approximate surface area is 143 Å². The Morgan fingerprint density at radius 1 is 1.16 bits per heavy atom. The molecule has 5 rings (SSSR count). The Morgan fingerprint density at radius 3 is 2.76 bits per heavy atom. The van der Waals surface area contributed by atoms with Gasteiger partial charge < -0.3 is 25.0 Å². The molecule has 1 amide bonds. The number of carbonyl (C=O) groups excluding carboxylic acids is 1. The monoisotopic (exact) mass is 335 g/mol. The van der Waals surface area contributed by atoms with Gasteiger partial charge >= 0.3 is 0 Å². The lowest BCUT2D eigenvalue weighted by molar-refractivity contribution is 0.0634. The summed E-state index contributed by atoms with van der Waals surface area (Å²) in [5.41, 5.74) is 4.42. The fraction of sp³-hybridized carbons (Fsp3) is 0.211. The summed E-state index contributed by atoms with van der Waals surface area (Å²) >= 11 is 0. The number of fused-ring (bicyclic) bond motifs is 6. The van der Waals surface area contributed by atoms with E-state index in [0.717, 1.165) is 33.4 Å². The molecule has 0 bridgehead atoms. The number of hydrogen-bond donors (Lipinski definition) is 3. The highest BCUT2D eigenvalue weighted by molar-refractivity contribution is 6.02. The van der Waals surface area contributed by atoms with Crippen LogP contribution in [0.4, 0.5) is 5.69 Å². The molecule has 0 saturated carbocycles. The zero-order chi connectivity index (χ0) is 17.3. The molecule has 0 saturated heterocycles. The Morgan fingerprint density at radius 2 is 1.92 bits per heavy atom. The van der Waals surface area contributed by atoms with Crippen LogP contribution >= 0.6 is 0 Å². The van der Waals surface area contributed by atoms with Gasteiger partial charge in [-0.1, -0.05) is 12.1 Å². The molecule has 0 spiro atoms. The van der Waals surface area contributed by atoms with Gasteiger partial charge in [0.2, 0.25) is 0 Å². The minimum Gasteiger partial charge on any atom is -0.504 e. The van der Waals surface area contributed by atoms with Gasteiger partial charge in [-0.05, 0) is 30.2 Å². The molecule has 0 aliphatic carbocycles. The maximum atomic E-state index is 12.9. The van der Waals surface area contributed by atoms with Crippen molar-refractivity contribution in [3.8, 4) is 11.5 Å². The van der Waals surface area contributed by atoms with E-state index >= 15 is 0 Å². The van der Waals surface area contributed by atoms with Gasteiger partial charge in [0, 0.05) is 30.6 Å². The van der Waals surface area contributed by atoms with Gasteiger partial charge in [0.05, 0.1) is 16.9 Å². The molecule has 2 aliphatic heterocycles. The first kappa shape index (κ1) is 14.2. The van der Waals surface area contributed by atoms with Crippen LogP contribution in [0, 0.1) is 0 Å². The number of benzene rings is 2. The molecule has 6 nitrogen and oxygen atoms in total. The summed E-state index contributed by atoms with van der Waals surface area (Å²) in [6.45, 7) is 0.615. The molecule has 0 fully saturated rings. The van der Waals surface area contributed by atoms with Crippen molar-refractivity contribution in [2.24, 2.45) is 0 Å². The SMILES string of the molecule is CN1c2ccccc2C(=O)N2CCc3c([nH]c4cc(O)c(O)cc34)C21. The predicted molar refractivity (Wildman–Crippen MR) is 94.0 cm³/mol. The summed E-state index contributed by atoms with van der Waals surface area (Å²) in [7, 11) is 1.98. The summed E-state index contributed by atoms with van der Waals surface area (Å²) in [5.74, 6) is -0.245. The minimum absolute atomic E-state index is 0.0358. The van der Waals surface area contributed by atoms with Crippen LogP contribution in [0.5, 0.6) is 11.5 Å². The standard InChI is InChI=1S/C19H17N3O3/c1-21-14-5-3-2-4-11(14)19(25)22-7-6-10-12-8-15(23)16(24)9-13(12)20-17(10)18(21)22/h2-5,8-9,18,20,23-24H,6-7H2,1H3. The number of carbonyl (C=O) groups is 1. The van der Waals surface area contributed by atoms with Gasteiger partial charge in [0.15, 0.2) is 11.5 Å². The van der Waals surface area contributed by atoms with Crippen LogP contribution in [0.2, 0.25) is 0 Å². The maximum absolute atomic E-state index is 12.9. The van der Waals surface area contributed by atoms with E-state index in [4.69, 9.17) is 0 Å². The van der Waals surface area contributed by atoms with Crippen molar-refractivity contribution in [2.75, 3.05) is 18.5 Å². The Kier molecular flexibility index (Phi) is 2.67. The van der Waals surface area contributed by atoms with E-state index < -0.39 is 0 Å². The third-order valence-corrected chi connectivity index (χ3v) is 5.33. The first-order valence-corrected chi connectivity index (χ1v) is 8.25. The zero-order valence-electron chi connectivity index (χ0n) is 13.7. The topological polar surface area (TPSA) is 79.8 Å². The number of phenols is 2. The van der Waals surface area contributed by atoms with Gasteiger partial charge in [-0.25, -0.2) is 0 Å². The highest BCUT2D eigenvalue weighted by Gasteiger charge is 2.41. The second kappa shape index (κ2) is 4.69. The number of hydrogen-bond acceptors (Lipinski definition) is 4. The molecule has 3 heterocycles. The molecule has 3 N–H and O–H groups in total. The van der Waals surface area contributed by atoms with Crippen LogP contribution in [0.25, 0.3) is 10.9 Å². The molecule has 1 unspecified atom stereocenters. The van der Waals surface area contributed by atoms with Crippen molar-refractivity contribution >= 4 is 22.5 Å². The van der Waals surface area contributed by atoms with Crippen molar-refractivity contribution in [3.63, 3.8) is 0 Å². The summed E-state index contributed by atoms with van der Waals surface area (Å²) in [6.07, 6.45) is 0.487. The molecular weight excluding hydrogens is 318 g/mol. The van der Waals surface area contributed by atoms with Crippen LogP contribution in [0.1, 0.15) is 27.8 Å². The number of amides is 1. The molecule has 126 valence electrons. The lowest BCUT2D eigenvalue weighted by Crippen LogP contribution is -2.51. The van der Waals surface area contributed by atoms with Crippen molar-refractivity contribution < 1.29 is 15.0 Å². The van der Waals surface area contributed by atoms with E-state index in [1.807, 2.05) is 36.2 Å². The number of rotatable bonds is 0. The zero-order valence-corrected chi connectivity index (χ0v) is 13.7. The molecule has 1 atom stereocenters. The van der Waals surface area contributed by atoms with Crippen LogP contribution in [-0.4, -0.2) is 39.6 Å². The lowest BCUT2D eigenvalue weighted by atomic mass is 9.96. The number of aromatic amines is 1. The van der Waals surface area contributed by atoms with E-state index in [9.17, 15) is 15.0 Å². The van der Waals surface area contributed by atoms with Crippen molar-refractivity contribution in [3.05, 3.63) is 53.2 Å². The third-order valence-electron chi connectivity index (χ3n) is 5.33. The summed E-state index contributed by atoms with van der Waals surface area (Å²) in [4.78, 5) is 20.3. The molecule has 3 aromatic rings. The summed E-state index contributed by atoms with van der Waals surface area (Å²) in [6, 6.07) is 10.8. The van der Waals surface area contributed by atoms with E-state index in [1.54, 1.807) is 6.07 Å². The van der Waals surface area contributed by atoms with E-state index in [2.05, 4.69) is 9.88 Å². The Hall–Kier alpha value is -3.15. The van der Waals surface area contributed by atoms with Crippen molar-refractivity contribution in [1.29, 1.82) is 0 Å². The Balaban J connectivity index is 1.74. The number of nitrogens with one attached hydrogen (secondary N) is 1. The van der Waals surface area contributed by atoms with Crippen molar-refractivity contribution in [2.45, 2.75) is 12.6 Å². The minimum atomic E-state index is -0.220.